The molecule has 0 bridgehead atoms. The highest BCUT2D eigenvalue weighted by atomic mass is 28.3. The molecule has 3 N–H and O–H groups in total. The summed E-state index contributed by atoms with van der Waals surface area (Å²) in [4.78, 5) is 103. The molecule has 500 valence electrons. The van der Waals surface area contributed by atoms with Crippen LogP contribution in [0.15, 0.2) is 97.9 Å². The van der Waals surface area contributed by atoms with Crippen molar-refractivity contribution in [3.05, 3.63) is 126 Å². The molecule has 0 aromatic heterocycles. The second kappa shape index (κ2) is 31.4. The molecule has 0 spiro atoms. The lowest BCUT2D eigenvalue weighted by Gasteiger charge is -2.27. The average molecular weight is 1310 g/mol. The number of ether oxygens (including phenoxy) is 8. The lowest BCUT2D eigenvalue weighted by Crippen LogP contribution is -2.54. The lowest BCUT2D eigenvalue weighted by molar-refractivity contribution is -0.130. The van der Waals surface area contributed by atoms with Crippen LogP contribution in [-0.4, -0.2) is 159 Å². The molecule has 22 nitrogen and oxygen atoms in total. The van der Waals surface area contributed by atoms with Gasteiger partial charge in [-0.05, 0) is 96.3 Å². The summed E-state index contributed by atoms with van der Waals surface area (Å²) >= 11 is 0. The Balaban J connectivity index is 0.914. The van der Waals surface area contributed by atoms with Crippen LogP contribution in [0.25, 0.3) is 11.1 Å². The zero-order valence-corrected chi connectivity index (χ0v) is 57.8. The number of unbranched alkanes of at least 4 members (excludes halogenated alkanes) is 2. The van der Waals surface area contributed by atoms with Crippen molar-refractivity contribution in [1.29, 1.82) is 0 Å². The summed E-state index contributed by atoms with van der Waals surface area (Å²) < 4.78 is 47.2. The van der Waals surface area contributed by atoms with Crippen molar-refractivity contribution in [2.45, 2.75) is 135 Å². The fraction of sp³-hybridized carbons (Fsp3) is 0.464. The Kier molecular flexibility index (Phi) is 23.8. The van der Waals surface area contributed by atoms with Gasteiger partial charge in [0.15, 0.2) is 23.0 Å². The van der Waals surface area contributed by atoms with Gasteiger partial charge in [-0.1, -0.05) is 102 Å². The predicted octanol–water partition coefficient (Wildman–Crippen LogP) is 10.2. The number of carbonyl (C=O) groups excluding carboxylic acids is 7. The molecule has 93 heavy (non-hydrogen) atoms. The van der Waals surface area contributed by atoms with Crippen molar-refractivity contribution >= 4 is 80.2 Å². The van der Waals surface area contributed by atoms with Crippen molar-refractivity contribution in [2.24, 2.45) is 5.92 Å². The number of nitrogens with zero attached hydrogens (tertiary/aromatic N) is 4. The molecular formula is C69H91N7O15Si2. The smallest absolute Gasteiger partial charge is 0.408 e. The second-order valence-corrected chi connectivity index (χ2v) is 37.6. The highest BCUT2D eigenvalue weighted by Crippen LogP contribution is 2.44. The first-order valence-corrected chi connectivity index (χ1v) is 39.2. The highest BCUT2D eigenvalue weighted by Gasteiger charge is 2.45. The number of rotatable bonds is 32. The molecule has 0 aliphatic carbocycles. The Labute approximate surface area is 547 Å². The quantitative estimate of drug-likeness (QED) is 0.0234. The van der Waals surface area contributed by atoms with E-state index in [0.29, 0.717) is 79.0 Å². The summed E-state index contributed by atoms with van der Waals surface area (Å²) in [5.41, 5.74) is 5.32. The third kappa shape index (κ3) is 17.8. The Bertz CT molecular complexity index is 3450. The van der Waals surface area contributed by atoms with Gasteiger partial charge >= 0.3 is 6.09 Å². The van der Waals surface area contributed by atoms with Crippen molar-refractivity contribution < 1.29 is 71.5 Å². The first-order valence-electron chi connectivity index (χ1n) is 31.7. The molecule has 0 saturated carbocycles. The molecule has 4 atom stereocenters. The van der Waals surface area contributed by atoms with Crippen LogP contribution in [0.1, 0.15) is 90.3 Å². The van der Waals surface area contributed by atoms with Crippen LogP contribution in [0.5, 0.6) is 28.7 Å². The van der Waals surface area contributed by atoms with Gasteiger partial charge in [-0.25, -0.2) is 4.79 Å². The Morgan fingerprint density at radius 3 is 1.51 bits per heavy atom. The largest absolute Gasteiger partial charge is 0.497 e. The van der Waals surface area contributed by atoms with Crippen molar-refractivity contribution in [3.63, 3.8) is 0 Å². The number of alkyl carbamates (subject to hydrolysis) is 1. The maximum Gasteiger partial charge on any atom is 0.408 e. The van der Waals surface area contributed by atoms with Gasteiger partial charge in [0.05, 0.1) is 57.0 Å². The van der Waals surface area contributed by atoms with Crippen LogP contribution in [-0.2, 0) is 39.9 Å². The number of anilines is 2. The van der Waals surface area contributed by atoms with Crippen molar-refractivity contribution in [3.8, 4) is 28.7 Å². The maximum atomic E-state index is 14.9. The summed E-state index contributed by atoms with van der Waals surface area (Å²) in [5, 5.41) is 8.06. The molecule has 4 aromatic carbocycles. The molecular weight excluding hydrogens is 1220 g/mol. The number of nitrogens with one attached hydrogen (secondary N) is 3. The SMILES string of the molecule is C=CCOC(=O)N[C@H](C(=O)N[C@@H](C)C(=O)NCc1ccc(C2=CN3C(=O)c4cc(OC)c(OCCCCCOc5cc6c(cc5OC)C(=O)N5C=C(c7ccc(OC)cc7)C[C@H]5C(=O)N6COCC[Si](C)(C)C)cc4N(COCC[Si](C)(C)C)C(=O)[C@@H]3C2)cc1)C(C)C. The first-order chi connectivity index (χ1) is 44.3. The number of amides is 7. The van der Waals surface area contributed by atoms with Gasteiger partial charge in [0.2, 0.25) is 11.8 Å². The average Bonchev–Trinajstić information content (AvgIpc) is 1.65. The van der Waals surface area contributed by atoms with Gasteiger partial charge < -0.3 is 63.6 Å². The van der Waals surface area contributed by atoms with Crippen molar-refractivity contribution in [2.75, 3.05) is 77.6 Å². The zero-order valence-electron chi connectivity index (χ0n) is 55.8. The molecule has 0 saturated heterocycles. The van der Waals surface area contributed by atoms with Crippen LogP contribution < -0.4 is 49.4 Å². The predicted molar refractivity (Wildman–Crippen MR) is 361 cm³/mol. The summed E-state index contributed by atoms with van der Waals surface area (Å²) in [6, 6.07) is 19.9. The van der Waals surface area contributed by atoms with Crippen LogP contribution >= 0.6 is 0 Å². The van der Waals surface area contributed by atoms with E-state index in [0.717, 1.165) is 39.9 Å². The molecule has 4 heterocycles. The molecule has 0 unspecified atom stereocenters. The summed E-state index contributed by atoms with van der Waals surface area (Å²) in [6.45, 7) is 23.6. The second-order valence-electron chi connectivity index (χ2n) is 26.3. The van der Waals surface area contributed by atoms with Gasteiger partial charge in [0.25, 0.3) is 23.6 Å². The van der Waals surface area contributed by atoms with Crippen molar-refractivity contribution in [1.82, 2.24) is 25.8 Å². The van der Waals surface area contributed by atoms with Gasteiger partial charge in [0, 0.05) is 73.3 Å². The van der Waals surface area contributed by atoms with E-state index in [1.165, 1.54) is 35.0 Å². The van der Waals surface area contributed by atoms with Crippen LogP contribution in [0.3, 0.4) is 0 Å². The fourth-order valence-corrected chi connectivity index (χ4v) is 12.5. The standard InChI is InChI=1S/C69H91N7O15Si2/c1-14-26-91-69(83)72-62(44(2)3)64(78)71-45(4)63(77)70-39-46-18-20-47(21-19-46)49-33-56-67(81)75(42-87-29-31-92(8,9)10)54-37-60(58(85-6)35-52(54)65(79)73(56)40-49)89-27-16-15-17-28-90-61-38-55-53(36-59(61)86-7)66(80)74-41-50(48-22-24-51(84-5)25-23-48)34-57(74)68(82)76(55)43-88-30-32-93(11,12)13/h14,18-25,35-38,40-41,44-45,56-57,62H,1,15-17,26-34,39,42-43H2,2-13H3,(H,70,77)(H,71,78)(H,72,83)/t45-,56-,57-,62-/m0/s1. The minimum atomic E-state index is -1.51. The number of carbonyl (C=O) groups is 7. The van der Waals surface area contributed by atoms with Gasteiger partial charge in [-0.3, -0.25) is 38.6 Å². The highest BCUT2D eigenvalue weighted by molar-refractivity contribution is 6.76. The van der Waals surface area contributed by atoms with E-state index in [1.807, 2.05) is 48.5 Å². The fourth-order valence-electron chi connectivity index (χ4n) is 11.0. The van der Waals surface area contributed by atoms with E-state index in [9.17, 15) is 33.6 Å². The molecule has 4 aliphatic rings. The van der Waals surface area contributed by atoms with E-state index in [1.54, 1.807) is 69.4 Å². The number of hydrogen-bond acceptors (Lipinski definition) is 15. The Morgan fingerprint density at radius 2 is 1.08 bits per heavy atom. The topological polar surface area (TPSA) is 242 Å². The number of hydrogen-bond donors (Lipinski definition) is 3. The maximum absolute atomic E-state index is 14.9. The number of methoxy groups -OCH3 is 3. The number of fused-ring (bicyclic) bond motifs is 4. The third-order valence-electron chi connectivity index (χ3n) is 16.6. The summed E-state index contributed by atoms with van der Waals surface area (Å²) in [5.74, 6) is -0.472. The van der Waals surface area contributed by atoms with Gasteiger partial charge in [-0.2, -0.15) is 0 Å². The summed E-state index contributed by atoms with van der Waals surface area (Å²) in [6.07, 6.45) is 6.58. The third-order valence-corrected chi connectivity index (χ3v) is 20.0. The minimum absolute atomic E-state index is 0.0170. The molecule has 7 amide bonds. The van der Waals surface area contributed by atoms with E-state index in [4.69, 9.17) is 37.9 Å². The molecule has 4 aromatic rings. The molecule has 24 heteroatoms. The van der Waals surface area contributed by atoms with Gasteiger partial charge in [-0.15, -0.1) is 0 Å². The van der Waals surface area contributed by atoms with E-state index in [-0.39, 0.29) is 81.0 Å². The van der Waals surface area contributed by atoms with E-state index in [2.05, 4.69) is 61.8 Å². The monoisotopic (exact) mass is 1310 g/mol. The first kappa shape index (κ1) is 70.4. The number of benzene rings is 4. The molecule has 8 rings (SSSR count). The van der Waals surface area contributed by atoms with E-state index >= 15 is 0 Å². The molecule has 0 fully saturated rings. The molecule has 4 aliphatic heterocycles. The normalized spacial score (nSPS) is 16.8. The minimum Gasteiger partial charge on any atom is -0.497 e. The van der Waals surface area contributed by atoms with Crippen LogP contribution in [0, 0.1) is 5.92 Å². The zero-order chi connectivity index (χ0) is 67.3. The summed E-state index contributed by atoms with van der Waals surface area (Å²) in [7, 11) is 1.65. The molecule has 0 radical (unpaired) electrons. The van der Waals surface area contributed by atoms with E-state index < -0.39 is 64.1 Å². The van der Waals surface area contributed by atoms with Gasteiger partial charge in [0.1, 0.15) is 50.0 Å². The van der Waals surface area contributed by atoms with Crippen LogP contribution in [0.2, 0.25) is 51.4 Å². The Morgan fingerprint density at radius 1 is 0.602 bits per heavy atom. The lowest BCUT2D eigenvalue weighted by atomic mass is 10.0. The van der Waals surface area contributed by atoms with Crippen LogP contribution in [0.4, 0.5) is 16.2 Å². The Hall–Kier alpha value is -8.46.